The third-order valence-electron chi connectivity index (χ3n) is 5.32. The van der Waals surface area contributed by atoms with Crippen LogP contribution in [0, 0.1) is 12.8 Å². The minimum absolute atomic E-state index is 0.0737. The topological polar surface area (TPSA) is 53.8 Å². The van der Waals surface area contributed by atoms with Crippen molar-refractivity contribution in [1.29, 1.82) is 0 Å². The van der Waals surface area contributed by atoms with E-state index in [0.717, 1.165) is 63.4 Å². The Bertz CT molecular complexity index is 650. The highest BCUT2D eigenvalue weighted by atomic mass is 32.2. The minimum Gasteiger partial charge on any atom is -0.465 e. The lowest BCUT2D eigenvalue weighted by Gasteiger charge is -2.37. The molecule has 3 fully saturated rings. The van der Waals surface area contributed by atoms with Gasteiger partial charge in [-0.2, -0.15) is 4.31 Å². The standard InChI is InChI=1S/C16H24N2O3S/c1-12-2-3-14(21-12)11-17-8-7-16-13(10-17)6-9-18(16)22(19,20)15-4-5-15/h2-3,13,15-16H,4-11H2,1H3/t13-,16-/m1/s1. The fourth-order valence-corrected chi connectivity index (χ4v) is 6.15. The van der Waals surface area contributed by atoms with Gasteiger partial charge in [-0.15, -0.1) is 0 Å². The van der Waals surface area contributed by atoms with Gasteiger partial charge in [0.05, 0.1) is 11.8 Å². The molecular formula is C16H24N2O3S. The lowest BCUT2D eigenvalue weighted by molar-refractivity contribution is 0.128. The van der Waals surface area contributed by atoms with Crippen LogP contribution in [0.4, 0.5) is 0 Å². The van der Waals surface area contributed by atoms with Crippen LogP contribution >= 0.6 is 0 Å². The maximum absolute atomic E-state index is 12.5. The van der Waals surface area contributed by atoms with Crippen LogP contribution in [0.15, 0.2) is 16.5 Å². The summed E-state index contributed by atoms with van der Waals surface area (Å²) in [6.07, 6.45) is 3.68. The second-order valence-corrected chi connectivity index (χ2v) is 9.17. The van der Waals surface area contributed by atoms with Crippen LogP contribution in [0.25, 0.3) is 0 Å². The van der Waals surface area contributed by atoms with Gasteiger partial charge < -0.3 is 4.42 Å². The number of fused-ring (bicyclic) bond motifs is 1. The zero-order chi connectivity index (χ0) is 15.3. The van der Waals surface area contributed by atoms with Gasteiger partial charge in [0.15, 0.2) is 0 Å². The highest BCUT2D eigenvalue weighted by Crippen LogP contribution is 2.39. The fourth-order valence-electron chi connectivity index (χ4n) is 4.02. The number of nitrogens with zero attached hydrogens (tertiary/aromatic N) is 2. The van der Waals surface area contributed by atoms with Crippen molar-refractivity contribution in [2.24, 2.45) is 5.92 Å². The molecule has 5 nitrogen and oxygen atoms in total. The lowest BCUT2D eigenvalue weighted by Crippen LogP contribution is -2.47. The first kappa shape index (κ1) is 14.7. The van der Waals surface area contributed by atoms with Crippen molar-refractivity contribution < 1.29 is 12.8 Å². The smallest absolute Gasteiger partial charge is 0.217 e. The molecule has 0 amide bonds. The predicted molar refractivity (Wildman–Crippen MR) is 83.9 cm³/mol. The molecule has 0 spiro atoms. The summed E-state index contributed by atoms with van der Waals surface area (Å²) in [6.45, 7) is 5.47. The summed E-state index contributed by atoms with van der Waals surface area (Å²) in [7, 11) is -3.01. The number of likely N-dealkylation sites (tertiary alicyclic amines) is 1. The number of hydrogen-bond donors (Lipinski definition) is 0. The van der Waals surface area contributed by atoms with Crippen LogP contribution in [0.1, 0.15) is 37.2 Å². The van der Waals surface area contributed by atoms with Gasteiger partial charge in [0.25, 0.3) is 0 Å². The molecule has 2 saturated heterocycles. The van der Waals surface area contributed by atoms with Crippen LogP contribution in [0.2, 0.25) is 0 Å². The molecule has 2 aliphatic heterocycles. The maximum atomic E-state index is 12.5. The van der Waals surface area contributed by atoms with Crippen LogP contribution in [-0.4, -0.2) is 48.5 Å². The Morgan fingerprint density at radius 1 is 1.18 bits per heavy atom. The van der Waals surface area contributed by atoms with E-state index in [1.807, 2.05) is 23.4 Å². The van der Waals surface area contributed by atoms with Crippen molar-refractivity contribution in [2.75, 3.05) is 19.6 Å². The normalized spacial score (nSPS) is 30.6. The molecule has 2 atom stereocenters. The van der Waals surface area contributed by atoms with Crippen molar-refractivity contribution in [2.45, 2.75) is 50.4 Å². The van der Waals surface area contributed by atoms with Crippen molar-refractivity contribution >= 4 is 10.0 Å². The molecule has 0 bridgehead atoms. The Morgan fingerprint density at radius 3 is 2.68 bits per heavy atom. The van der Waals surface area contributed by atoms with Crippen molar-refractivity contribution in [1.82, 2.24) is 9.21 Å². The van der Waals surface area contributed by atoms with E-state index in [0.29, 0.717) is 5.92 Å². The molecule has 3 heterocycles. The minimum atomic E-state index is -3.01. The highest BCUT2D eigenvalue weighted by molar-refractivity contribution is 7.90. The average molecular weight is 324 g/mol. The van der Waals surface area contributed by atoms with E-state index in [-0.39, 0.29) is 11.3 Å². The molecule has 1 aliphatic carbocycles. The summed E-state index contributed by atoms with van der Waals surface area (Å²) >= 11 is 0. The lowest BCUT2D eigenvalue weighted by atomic mass is 9.93. The van der Waals surface area contributed by atoms with Gasteiger partial charge >= 0.3 is 0 Å². The molecule has 1 aromatic rings. The second kappa shape index (κ2) is 5.35. The summed E-state index contributed by atoms with van der Waals surface area (Å²) in [6, 6.07) is 4.28. The third kappa shape index (κ3) is 2.61. The van der Waals surface area contributed by atoms with Gasteiger partial charge in [-0.1, -0.05) is 0 Å². The fraction of sp³-hybridized carbons (Fsp3) is 0.750. The Labute approximate surface area is 132 Å². The summed E-state index contributed by atoms with van der Waals surface area (Å²) in [5.74, 6) is 2.45. The van der Waals surface area contributed by atoms with Crippen LogP contribution < -0.4 is 0 Å². The third-order valence-corrected chi connectivity index (χ3v) is 7.74. The Hall–Kier alpha value is -0.850. The summed E-state index contributed by atoms with van der Waals surface area (Å²) < 4.78 is 32.5. The van der Waals surface area contributed by atoms with Crippen LogP contribution in [0.3, 0.4) is 0 Å². The summed E-state index contributed by atoms with van der Waals surface area (Å²) in [5, 5.41) is -0.0737. The van der Waals surface area contributed by atoms with E-state index < -0.39 is 10.0 Å². The highest BCUT2D eigenvalue weighted by Gasteiger charge is 2.48. The largest absolute Gasteiger partial charge is 0.465 e. The molecule has 6 heteroatoms. The van der Waals surface area contributed by atoms with E-state index in [1.165, 1.54) is 0 Å². The van der Waals surface area contributed by atoms with E-state index in [2.05, 4.69) is 4.90 Å². The van der Waals surface area contributed by atoms with Gasteiger partial charge in [0.2, 0.25) is 10.0 Å². The molecule has 3 aliphatic rings. The number of rotatable bonds is 4. The molecule has 0 radical (unpaired) electrons. The molecule has 4 rings (SSSR count). The molecule has 0 aromatic carbocycles. The van der Waals surface area contributed by atoms with Crippen molar-refractivity contribution in [3.05, 3.63) is 23.7 Å². The zero-order valence-electron chi connectivity index (χ0n) is 13.1. The summed E-state index contributed by atoms with van der Waals surface area (Å²) in [5.41, 5.74) is 0. The first-order valence-corrected chi connectivity index (χ1v) is 9.82. The van der Waals surface area contributed by atoms with E-state index in [4.69, 9.17) is 4.42 Å². The Balaban J connectivity index is 1.41. The summed E-state index contributed by atoms with van der Waals surface area (Å²) in [4.78, 5) is 2.41. The van der Waals surface area contributed by atoms with Crippen LogP contribution in [0.5, 0.6) is 0 Å². The molecule has 0 N–H and O–H groups in total. The number of piperidine rings is 1. The number of aryl methyl sites for hydroxylation is 1. The van der Waals surface area contributed by atoms with Gasteiger partial charge in [0, 0.05) is 25.7 Å². The molecule has 22 heavy (non-hydrogen) atoms. The monoisotopic (exact) mass is 324 g/mol. The van der Waals surface area contributed by atoms with Crippen molar-refractivity contribution in [3.63, 3.8) is 0 Å². The van der Waals surface area contributed by atoms with Gasteiger partial charge in [-0.3, -0.25) is 4.90 Å². The number of furan rings is 1. The van der Waals surface area contributed by atoms with Crippen LogP contribution in [-0.2, 0) is 16.6 Å². The molecule has 0 unspecified atom stereocenters. The van der Waals surface area contributed by atoms with E-state index in [1.54, 1.807) is 0 Å². The van der Waals surface area contributed by atoms with E-state index in [9.17, 15) is 8.42 Å². The number of sulfonamides is 1. The second-order valence-electron chi connectivity index (χ2n) is 7.01. The quantitative estimate of drug-likeness (QED) is 0.850. The molecule has 1 saturated carbocycles. The van der Waals surface area contributed by atoms with E-state index >= 15 is 0 Å². The molecule has 122 valence electrons. The average Bonchev–Trinajstić information content (AvgIpc) is 3.15. The van der Waals surface area contributed by atoms with Crippen molar-refractivity contribution in [3.8, 4) is 0 Å². The zero-order valence-corrected chi connectivity index (χ0v) is 13.9. The SMILES string of the molecule is Cc1ccc(CN2CC[C@@H]3[C@H](CCN3S(=O)(=O)C3CC3)C2)o1. The molecule has 1 aromatic heterocycles. The predicted octanol–water partition coefficient (Wildman–Crippen LogP) is 1.98. The maximum Gasteiger partial charge on any atom is 0.217 e. The first-order valence-electron chi connectivity index (χ1n) is 8.32. The number of hydrogen-bond acceptors (Lipinski definition) is 4. The van der Waals surface area contributed by atoms with Gasteiger partial charge in [0.1, 0.15) is 11.5 Å². The Morgan fingerprint density at radius 2 is 2.00 bits per heavy atom. The first-order chi connectivity index (χ1) is 10.5. The Kier molecular flexibility index (Phi) is 3.58. The van der Waals surface area contributed by atoms with Gasteiger partial charge in [-0.25, -0.2) is 8.42 Å². The molecular weight excluding hydrogens is 300 g/mol. The van der Waals surface area contributed by atoms with Gasteiger partial charge in [-0.05, 0) is 50.7 Å².